The van der Waals surface area contributed by atoms with E-state index in [-0.39, 0.29) is 22.3 Å². The predicted molar refractivity (Wildman–Crippen MR) is 103 cm³/mol. The Morgan fingerprint density at radius 2 is 0.536 bits per heavy atom. The second kappa shape index (κ2) is 14.0. The molecule has 8 nitrogen and oxygen atoms in total. The highest BCUT2D eigenvalue weighted by Crippen LogP contribution is 2.04. The van der Waals surface area contributed by atoms with Crippen molar-refractivity contribution in [3.8, 4) is 0 Å². The van der Waals surface area contributed by atoms with Crippen molar-refractivity contribution < 1.29 is 39.6 Å². The van der Waals surface area contributed by atoms with Gasteiger partial charge in [0, 0.05) is 0 Å². The van der Waals surface area contributed by atoms with Crippen molar-refractivity contribution in [2.75, 3.05) is 0 Å². The zero-order valence-corrected chi connectivity index (χ0v) is 14.9. The van der Waals surface area contributed by atoms with Crippen molar-refractivity contribution in [1.82, 2.24) is 0 Å². The minimum absolute atomic E-state index is 0.0833. The van der Waals surface area contributed by atoms with Crippen molar-refractivity contribution in [3.05, 3.63) is 97.1 Å². The fourth-order valence-corrected chi connectivity index (χ4v) is 1.51. The van der Waals surface area contributed by atoms with E-state index < -0.39 is 23.9 Å². The van der Waals surface area contributed by atoms with Crippen LogP contribution in [-0.2, 0) is 0 Å². The lowest BCUT2D eigenvalue weighted by Crippen LogP contribution is -1.99. The highest BCUT2D eigenvalue weighted by atomic mass is 16.4. The molecule has 0 spiro atoms. The molecule has 0 aliphatic carbocycles. The normalized spacial score (nSPS) is 8.29. The molecule has 0 aliphatic heterocycles. The molecule has 2 aromatic rings. The van der Waals surface area contributed by atoms with E-state index >= 15 is 0 Å². The number of benzene rings is 2. The van der Waals surface area contributed by atoms with Gasteiger partial charge in [-0.05, 0) is 48.5 Å². The molecule has 0 fully saturated rings. The molecule has 0 atom stereocenters. The van der Waals surface area contributed by atoms with Crippen LogP contribution in [0.1, 0.15) is 41.4 Å². The summed E-state index contributed by atoms with van der Waals surface area (Å²) < 4.78 is 0. The summed E-state index contributed by atoms with van der Waals surface area (Å²) in [6.45, 7) is 12.0. The van der Waals surface area contributed by atoms with E-state index in [4.69, 9.17) is 20.4 Å². The molecule has 28 heavy (non-hydrogen) atoms. The Kier molecular flexibility index (Phi) is 13.0. The maximum absolute atomic E-state index is 10.3. The number of aromatic carboxylic acids is 4. The Labute approximate surface area is 161 Å². The van der Waals surface area contributed by atoms with Crippen molar-refractivity contribution >= 4 is 23.9 Å². The van der Waals surface area contributed by atoms with E-state index in [1.165, 1.54) is 48.5 Å². The molecular formula is C20H20O8. The van der Waals surface area contributed by atoms with Gasteiger partial charge in [-0.1, -0.05) is 0 Å². The Hall–Kier alpha value is -4.20. The van der Waals surface area contributed by atoms with Gasteiger partial charge in [0.05, 0.1) is 22.3 Å². The molecule has 0 saturated heterocycles. The minimum Gasteiger partial charge on any atom is -0.478 e. The standard InChI is InChI=1S/2C8H6O4.2C2H4/c2*9-7(10)5-1-2-6(4-3-5)8(11)12;2*1-2/h2*1-4H,(H,9,10)(H,11,12);2*1-2H2. The van der Waals surface area contributed by atoms with Crippen molar-refractivity contribution in [2.45, 2.75) is 0 Å². The number of rotatable bonds is 4. The third-order valence-corrected chi connectivity index (χ3v) is 2.76. The average molecular weight is 388 g/mol. The summed E-state index contributed by atoms with van der Waals surface area (Å²) in [7, 11) is 0. The van der Waals surface area contributed by atoms with Crippen molar-refractivity contribution in [2.24, 2.45) is 0 Å². The molecule has 0 radical (unpaired) electrons. The molecule has 0 unspecified atom stereocenters. The lowest BCUT2D eigenvalue weighted by molar-refractivity contribution is 0.0681. The van der Waals surface area contributed by atoms with Crippen LogP contribution in [-0.4, -0.2) is 44.3 Å². The van der Waals surface area contributed by atoms with Crippen LogP contribution in [0.25, 0.3) is 0 Å². The zero-order chi connectivity index (χ0) is 22.3. The third-order valence-electron chi connectivity index (χ3n) is 2.76. The quantitative estimate of drug-likeness (QED) is 0.578. The average Bonchev–Trinajstić information content (AvgIpc) is 2.71. The first kappa shape index (κ1) is 26.0. The van der Waals surface area contributed by atoms with Crippen LogP contribution in [0, 0.1) is 0 Å². The zero-order valence-electron chi connectivity index (χ0n) is 14.9. The van der Waals surface area contributed by atoms with Gasteiger partial charge in [-0.15, -0.1) is 26.3 Å². The van der Waals surface area contributed by atoms with Crippen LogP contribution in [0.4, 0.5) is 0 Å². The topological polar surface area (TPSA) is 149 Å². The summed E-state index contributed by atoms with van der Waals surface area (Å²) in [6.07, 6.45) is 0. The van der Waals surface area contributed by atoms with Crippen LogP contribution in [0.15, 0.2) is 74.8 Å². The maximum atomic E-state index is 10.3. The maximum Gasteiger partial charge on any atom is 0.335 e. The molecule has 4 N–H and O–H groups in total. The fraction of sp³-hybridized carbons (Fsp3) is 0. The van der Waals surface area contributed by atoms with Gasteiger partial charge in [0.15, 0.2) is 0 Å². The van der Waals surface area contributed by atoms with Gasteiger partial charge < -0.3 is 20.4 Å². The monoisotopic (exact) mass is 388 g/mol. The lowest BCUT2D eigenvalue weighted by atomic mass is 10.1. The fourth-order valence-electron chi connectivity index (χ4n) is 1.51. The van der Waals surface area contributed by atoms with Gasteiger partial charge in [0.2, 0.25) is 0 Å². The summed E-state index contributed by atoms with van der Waals surface area (Å²) in [5, 5.41) is 33.9. The number of carboxylic acids is 4. The van der Waals surface area contributed by atoms with E-state index in [1.54, 1.807) is 0 Å². The molecular weight excluding hydrogens is 368 g/mol. The van der Waals surface area contributed by atoms with Crippen LogP contribution in [0.5, 0.6) is 0 Å². The van der Waals surface area contributed by atoms with Crippen LogP contribution in [0.3, 0.4) is 0 Å². The van der Waals surface area contributed by atoms with Crippen LogP contribution >= 0.6 is 0 Å². The first-order chi connectivity index (χ1) is 13.2. The Balaban J connectivity index is 0. The van der Waals surface area contributed by atoms with Crippen LogP contribution in [0.2, 0.25) is 0 Å². The predicted octanol–water partition coefficient (Wildman–Crippen LogP) is 3.77. The minimum atomic E-state index is -1.06. The third kappa shape index (κ3) is 9.33. The van der Waals surface area contributed by atoms with Gasteiger partial charge in [-0.25, -0.2) is 19.2 Å². The first-order valence-electron chi connectivity index (χ1n) is 7.35. The molecule has 2 rings (SSSR count). The van der Waals surface area contributed by atoms with Crippen molar-refractivity contribution in [3.63, 3.8) is 0 Å². The summed E-state index contributed by atoms with van der Waals surface area (Å²) >= 11 is 0. The summed E-state index contributed by atoms with van der Waals surface area (Å²) in [5.74, 6) is -4.25. The Morgan fingerprint density at radius 3 is 0.607 bits per heavy atom. The molecule has 0 aromatic heterocycles. The second-order valence-electron chi connectivity index (χ2n) is 4.38. The summed E-state index contributed by atoms with van der Waals surface area (Å²) in [4.78, 5) is 41.3. The number of carbonyl (C=O) groups is 4. The van der Waals surface area contributed by atoms with E-state index in [0.29, 0.717) is 0 Å². The van der Waals surface area contributed by atoms with Gasteiger partial charge in [0.25, 0.3) is 0 Å². The van der Waals surface area contributed by atoms with E-state index in [1.807, 2.05) is 0 Å². The first-order valence-corrected chi connectivity index (χ1v) is 7.35. The molecule has 2 aromatic carbocycles. The van der Waals surface area contributed by atoms with E-state index in [2.05, 4.69) is 26.3 Å². The number of carboxylic acid groups (broad SMARTS) is 4. The molecule has 0 heterocycles. The van der Waals surface area contributed by atoms with Crippen LogP contribution < -0.4 is 0 Å². The molecule has 148 valence electrons. The molecule has 8 heteroatoms. The van der Waals surface area contributed by atoms with E-state index in [0.717, 1.165) is 0 Å². The summed E-state index contributed by atoms with van der Waals surface area (Å²) in [5.41, 5.74) is 0.333. The summed E-state index contributed by atoms with van der Waals surface area (Å²) in [6, 6.07) is 10.0. The van der Waals surface area contributed by atoms with Gasteiger partial charge in [-0.2, -0.15) is 0 Å². The SMILES string of the molecule is C=C.C=C.O=C(O)c1ccc(C(=O)O)cc1.O=C(O)c1ccc(C(=O)O)cc1. The van der Waals surface area contributed by atoms with Gasteiger partial charge in [0.1, 0.15) is 0 Å². The number of hydrogen-bond donors (Lipinski definition) is 4. The smallest absolute Gasteiger partial charge is 0.335 e. The van der Waals surface area contributed by atoms with Gasteiger partial charge >= 0.3 is 23.9 Å². The molecule has 0 amide bonds. The molecule has 0 aliphatic rings. The van der Waals surface area contributed by atoms with E-state index in [9.17, 15) is 19.2 Å². The molecule has 0 bridgehead atoms. The highest BCUT2D eigenvalue weighted by molar-refractivity contribution is 5.92. The number of hydrogen-bond acceptors (Lipinski definition) is 4. The second-order valence-corrected chi connectivity index (χ2v) is 4.38. The van der Waals surface area contributed by atoms with Crippen molar-refractivity contribution in [1.29, 1.82) is 0 Å². The Morgan fingerprint density at radius 1 is 0.429 bits per heavy atom. The Bertz CT molecular complexity index is 656. The largest absolute Gasteiger partial charge is 0.478 e. The molecule has 0 saturated carbocycles. The lowest BCUT2D eigenvalue weighted by Gasteiger charge is -1.94. The highest BCUT2D eigenvalue weighted by Gasteiger charge is 2.05. The van der Waals surface area contributed by atoms with Gasteiger partial charge in [-0.3, -0.25) is 0 Å².